The minimum Gasteiger partial charge on any atom is -0.486 e. The van der Waals surface area contributed by atoms with Crippen molar-refractivity contribution in [1.82, 2.24) is 14.8 Å². The molecule has 3 aromatic rings. The van der Waals surface area contributed by atoms with Crippen molar-refractivity contribution < 1.29 is 19.1 Å². The van der Waals surface area contributed by atoms with Crippen LogP contribution in [0.2, 0.25) is 0 Å². The number of ether oxygens (including phenoxy) is 2. The summed E-state index contributed by atoms with van der Waals surface area (Å²) in [7, 11) is 0. The van der Waals surface area contributed by atoms with Gasteiger partial charge in [-0.2, -0.15) is 0 Å². The third-order valence-electron chi connectivity index (χ3n) is 5.95. The van der Waals surface area contributed by atoms with E-state index in [1.807, 2.05) is 42.7 Å². The van der Waals surface area contributed by atoms with E-state index in [4.69, 9.17) is 9.47 Å². The summed E-state index contributed by atoms with van der Waals surface area (Å²) in [5.41, 5.74) is 2.70. The van der Waals surface area contributed by atoms with Gasteiger partial charge in [-0.25, -0.2) is 4.79 Å². The fourth-order valence-corrected chi connectivity index (χ4v) is 6.36. The van der Waals surface area contributed by atoms with Crippen LogP contribution in [0.4, 0.5) is 5.00 Å². The van der Waals surface area contributed by atoms with Gasteiger partial charge in [0.05, 0.1) is 17.9 Å². The Hall–Kier alpha value is -2.85. The summed E-state index contributed by atoms with van der Waals surface area (Å²) in [5.74, 6) is 1.09. The molecule has 4 rings (SSSR count). The number of amides is 1. The molecule has 10 heteroatoms. The van der Waals surface area contributed by atoms with Gasteiger partial charge >= 0.3 is 5.97 Å². The maximum atomic E-state index is 12.9. The molecule has 2 aromatic heterocycles. The van der Waals surface area contributed by atoms with E-state index in [9.17, 15) is 9.59 Å². The topological polar surface area (TPSA) is 95.3 Å². The summed E-state index contributed by atoms with van der Waals surface area (Å²) < 4.78 is 13.1. The van der Waals surface area contributed by atoms with Crippen LogP contribution >= 0.6 is 23.1 Å². The Morgan fingerprint density at radius 1 is 1.17 bits per heavy atom. The van der Waals surface area contributed by atoms with Gasteiger partial charge in [0.1, 0.15) is 17.4 Å². The predicted molar refractivity (Wildman–Crippen MR) is 142 cm³/mol. The lowest BCUT2D eigenvalue weighted by Crippen LogP contribution is -2.17. The highest BCUT2D eigenvalue weighted by molar-refractivity contribution is 7.99. The summed E-state index contributed by atoms with van der Waals surface area (Å²) in [6, 6.07) is 7.85. The lowest BCUT2D eigenvalue weighted by molar-refractivity contribution is -0.113. The second-order valence-electron chi connectivity index (χ2n) is 8.57. The van der Waals surface area contributed by atoms with Crippen LogP contribution < -0.4 is 10.1 Å². The first-order valence-corrected chi connectivity index (χ1v) is 14.2. The summed E-state index contributed by atoms with van der Waals surface area (Å²) in [5, 5.41) is 12.8. The summed E-state index contributed by atoms with van der Waals surface area (Å²) in [4.78, 5) is 26.8. The highest BCUT2D eigenvalue weighted by atomic mass is 32.2. The van der Waals surface area contributed by atoms with Gasteiger partial charge < -0.3 is 19.4 Å². The monoisotopic (exact) mass is 528 g/mol. The fraction of sp³-hybridized carbons (Fsp3) is 0.462. The molecule has 1 aromatic carbocycles. The van der Waals surface area contributed by atoms with E-state index < -0.39 is 0 Å². The minimum atomic E-state index is -0.358. The van der Waals surface area contributed by atoms with Crippen LogP contribution in [0.15, 0.2) is 29.4 Å². The first-order chi connectivity index (χ1) is 17.5. The smallest absolute Gasteiger partial charge is 0.341 e. The van der Waals surface area contributed by atoms with Crippen LogP contribution in [0.3, 0.4) is 0 Å². The molecular weight excluding hydrogens is 496 g/mol. The number of nitrogens with one attached hydrogen (secondary N) is 1. The second kappa shape index (κ2) is 12.4. The van der Waals surface area contributed by atoms with Crippen molar-refractivity contribution in [2.75, 3.05) is 17.7 Å². The standard InChI is InChI=1S/C26H32N4O4S2/c1-4-30-21(15-34-18-11-9-10-17(3)14-18)28-29-26(30)35-16-22(31)27-24-23(25(32)33-5-2)19-12-7-6-8-13-20(19)36-24/h9-11,14H,4-8,12-13,15-16H2,1-3H3,(H,27,31). The molecule has 1 amide bonds. The number of nitrogens with zero attached hydrogens (tertiary/aromatic N) is 3. The summed E-state index contributed by atoms with van der Waals surface area (Å²) in [6.07, 6.45) is 5.07. The molecule has 0 aliphatic heterocycles. The average Bonchev–Trinajstić information content (AvgIpc) is 3.33. The number of anilines is 1. The van der Waals surface area contributed by atoms with Crippen molar-refractivity contribution in [2.45, 2.75) is 71.2 Å². The maximum absolute atomic E-state index is 12.9. The van der Waals surface area contributed by atoms with Crippen LogP contribution in [0.5, 0.6) is 5.75 Å². The first-order valence-electron chi connectivity index (χ1n) is 12.4. The zero-order chi connectivity index (χ0) is 25.5. The third kappa shape index (κ3) is 6.28. The van der Waals surface area contributed by atoms with Crippen molar-refractivity contribution in [3.63, 3.8) is 0 Å². The zero-order valence-corrected chi connectivity index (χ0v) is 22.6. The molecule has 2 heterocycles. The van der Waals surface area contributed by atoms with Gasteiger partial charge in [0.2, 0.25) is 5.91 Å². The van der Waals surface area contributed by atoms with E-state index in [1.165, 1.54) is 28.0 Å². The highest BCUT2D eigenvalue weighted by Gasteiger charge is 2.26. The highest BCUT2D eigenvalue weighted by Crippen LogP contribution is 2.38. The third-order valence-corrected chi connectivity index (χ3v) is 8.13. The van der Waals surface area contributed by atoms with E-state index in [1.54, 1.807) is 6.92 Å². The molecule has 192 valence electrons. The van der Waals surface area contributed by atoms with Crippen LogP contribution in [-0.2, 0) is 35.5 Å². The molecule has 0 fully saturated rings. The molecule has 0 spiro atoms. The number of esters is 1. The fourth-order valence-electron chi connectivity index (χ4n) is 4.25. The number of thioether (sulfide) groups is 1. The normalized spacial score (nSPS) is 13.1. The second-order valence-corrected chi connectivity index (χ2v) is 10.6. The van der Waals surface area contributed by atoms with Crippen molar-refractivity contribution >= 4 is 40.0 Å². The number of benzene rings is 1. The molecule has 1 aliphatic carbocycles. The molecule has 0 atom stereocenters. The van der Waals surface area contributed by atoms with Crippen molar-refractivity contribution in [3.05, 3.63) is 51.7 Å². The molecule has 1 N–H and O–H groups in total. The molecular formula is C26H32N4O4S2. The van der Waals surface area contributed by atoms with E-state index in [-0.39, 0.29) is 17.6 Å². The van der Waals surface area contributed by atoms with Gasteiger partial charge in [-0.05, 0) is 69.7 Å². The Morgan fingerprint density at radius 3 is 2.78 bits per heavy atom. The Bertz CT molecular complexity index is 1220. The Labute approximate surface area is 219 Å². The maximum Gasteiger partial charge on any atom is 0.341 e. The van der Waals surface area contributed by atoms with Crippen molar-refractivity contribution in [3.8, 4) is 5.75 Å². The molecule has 0 bridgehead atoms. The van der Waals surface area contributed by atoms with Gasteiger partial charge in [0.25, 0.3) is 0 Å². The summed E-state index contributed by atoms with van der Waals surface area (Å²) in [6.45, 7) is 7.07. The van der Waals surface area contributed by atoms with Crippen LogP contribution in [-0.4, -0.2) is 39.0 Å². The number of aromatic nitrogens is 3. The number of hydrogen-bond acceptors (Lipinski definition) is 8. The number of fused-ring (bicyclic) bond motifs is 1. The van der Waals surface area contributed by atoms with E-state index >= 15 is 0 Å². The lowest BCUT2D eigenvalue weighted by atomic mass is 10.1. The number of carbonyl (C=O) groups is 2. The number of thiophene rings is 1. The Balaban J connectivity index is 1.41. The molecule has 8 nitrogen and oxygen atoms in total. The number of aryl methyl sites for hydroxylation is 2. The van der Waals surface area contributed by atoms with Gasteiger partial charge in [0, 0.05) is 11.4 Å². The molecule has 0 saturated carbocycles. The van der Waals surface area contributed by atoms with Gasteiger partial charge in [-0.3, -0.25) is 4.79 Å². The molecule has 36 heavy (non-hydrogen) atoms. The summed E-state index contributed by atoms with van der Waals surface area (Å²) >= 11 is 2.82. The lowest BCUT2D eigenvalue weighted by Gasteiger charge is -2.10. The first kappa shape index (κ1) is 26.2. The van der Waals surface area contributed by atoms with Crippen molar-refractivity contribution in [1.29, 1.82) is 0 Å². The van der Waals surface area contributed by atoms with Gasteiger partial charge in [0.15, 0.2) is 11.0 Å². The number of rotatable bonds is 10. The quantitative estimate of drug-likeness (QED) is 0.213. The van der Waals surface area contributed by atoms with Crippen LogP contribution in [0.1, 0.15) is 65.3 Å². The predicted octanol–water partition coefficient (Wildman–Crippen LogP) is 5.42. The molecule has 0 saturated heterocycles. The molecule has 0 radical (unpaired) electrons. The van der Waals surface area contributed by atoms with Crippen LogP contribution in [0.25, 0.3) is 0 Å². The molecule has 1 aliphatic rings. The van der Waals surface area contributed by atoms with E-state index in [0.29, 0.717) is 41.3 Å². The van der Waals surface area contributed by atoms with E-state index in [2.05, 4.69) is 15.5 Å². The Kier molecular flexibility index (Phi) is 9.03. The average molecular weight is 529 g/mol. The largest absolute Gasteiger partial charge is 0.486 e. The van der Waals surface area contributed by atoms with Gasteiger partial charge in [-0.15, -0.1) is 21.5 Å². The van der Waals surface area contributed by atoms with E-state index in [0.717, 1.165) is 49.0 Å². The van der Waals surface area contributed by atoms with Crippen molar-refractivity contribution in [2.24, 2.45) is 0 Å². The Morgan fingerprint density at radius 2 is 2.00 bits per heavy atom. The van der Waals surface area contributed by atoms with Gasteiger partial charge in [-0.1, -0.05) is 30.3 Å². The molecule has 0 unspecified atom stereocenters. The number of carbonyl (C=O) groups excluding carboxylic acids is 2. The zero-order valence-electron chi connectivity index (χ0n) is 21.0. The minimum absolute atomic E-state index is 0.154. The SMILES string of the molecule is CCOC(=O)c1c(NC(=O)CSc2nnc(COc3cccc(C)c3)n2CC)sc2c1CCCCC2. The van der Waals surface area contributed by atoms with Crippen LogP contribution in [0, 0.1) is 6.92 Å². The number of hydrogen-bond donors (Lipinski definition) is 1.